The number of carboxylic acids is 1. The fraction of sp³-hybridized carbons (Fsp3) is 0.333. The molecular weight excluding hydrogens is 202 g/mol. The minimum Gasteiger partial charge on any atom is -0.478 e. The fourth-order valence-electron chi connectivity index (χ4n) is 0.379. The molecule has 0 aromatic heterocycles. The lowest BCUT2D eigenvalue weighted by molar-refractivity contribution is -0.138. The van der Waals surface area contributed by atoms with Crippen molar-refractivity contribution in [1.82, 2.24) is 0 Å². The lowest BCUT2D eigenvalue weighted by Gasteiger charge is -1.96. The minimum absolute atomic E-state index is 0.0461. The average molecular weight is 217 g/mol. The van der Waals surface area contributed by atoms with Gasteiger partial charge in [0.25, 0.3) is 0 Å². The molecule has 0 fully saturated rings. The number of carbonyl (C=O) groups excluding carboxylic acids is 1. The molecule has 6 heteroatoms. The monoisotopic (exact) mass is 217 g/mol. The standard InChI is InChI=1S/C6H10O3.C3H5NO2/c1-2-6(8)9-5-3-4-7;4-2-1-3(5)6/h2,7H,1,3-5H2;1-2H,4H2,(H,5,6). The maximum atomic E-state index is 10.3. The summed E-state index contributed by atoms with van der Waals surface area (Å²) in [4.78, 5) is 19.7. The van der Waals surface area contributed by atoms with Gasteiger partial charge in [-0.1, -0.05) is 6.58 Å². The third kappa shape index (κ3) is 18.9. The van der Waals surface area contributed by atoms with Crippen LogP contribution in [0.15, 0.2) is 24.9 Å². The quantitative estimate of drug-likeness (QED) is 0.329. The second-order valence-corrected chi connectivity index (χ2v) is 2.15. The molecule has 0 heterocycles. The number of hydrogen-bond acceptors (Lipinski definition) is 5. The molecule has 0 aliphatic carbocycles. The lowest BCUT2D eigenvalue weighted by Crippen LogP contribution is -2.02. The molecule has 86 valence electrons. The summed E-state index contributed by atoms with van der Waals surface area (Å²) in [5, 5.41) is 16.0. The van der Waals surface area contributed by atoms with Gasteiger partial charge in [-0.3, -0.25) is 0 Å². The number of aliphatic hydroxyl groups excluding tert-OH is 1. The van der Waals surface area contributed by atoms with Crippen LogP contribution in [0, 0.1) is 0 Å². The van der Waals surface area contributed by atoms with Crippen LogP contribution >= 0.6 is 0 Å². The first-order valence-corrected chi connectivity index (χ1v) is 4.09. The zero-order valence-corrected chi connectivity index (χ0v) is 8.26. The second-order valence-electron chi connectivity index (χ2n) is 2.15. The van der Waals surface area contributed by atoms with Gasteiger partial charge in [-0.05, 0) is 0 Å². The molecule has 0 aromatic rings. The van der Waals surface area contributed by atoms with E-state index < -0.39 is 11.9 Å². The zero-order chi connectivity index (χ0) is 12.1. The van der Waals surface area contributed by atoms with E-state index in [2.05, 4.69) is 17.0 Å². The number of carboxylic acid groups (broad SMARTS) is 1. The van der Waals surface area contributed by atoms with Crippen molar-refractivity contribution in [3.05, 3.63) is 24.9 Å². The summed E-state index contributed by atoms with van der Waals surface area (Å²) in [6.07, 6.45) is 3.42. The van der Waals surface area contributed by atoms with Crippen molar-refractivity contribution in [3.63, 3.8) is 0 Å². The van der Waals surface area contributed by atoms with Crippen LogP contribution in [0.5, 0.6) is 0 Å². The topological polar surface area (TPSA) is 110 Å². The summed E-state index contributed by atoms with van der Waals surface area (Å²) >= 11 is 0. The Labute approximate surface area is 87.7 Å². The number of ether oxygens (including phenoxy) is 1. The van der Waals surface area contributed by atoms with Crippen LogP contribution in [0.3, 0.4) is 0 Å². The van der Waals surface area contributed by atoms with Gasteiger partial charge in [0.2, 0.25) is 0 Å². The van der Waals surface area contributed by atoms with Gasteiger partial charge in [0.05, 0.1) is 6.61 Å². The van der Waals surface area contributed by atoms with Crippen molar-refractivity contribution in [1.29, 1.82) is 0 Å². The summed E-state index contributed by atoms with van der Waals surface area (Å²) in [5.74, 6) is -1.46. The number of carbonyl (C=O) groups is 2. The van der Waals surface area contributed by atoms with E-state index in [1.54, 1.807) is 0 Å². The predicted molar refractivity (Wildman–Crippen MR) is 53.8 cm³/mol. The van der Waals surface area contributed by atoms with Gasteiger partial charge in [-0.15, -0.1) is 0 Å². The van der Waals surface area contributed by atoms with Crippen molar-refractivity contribution < 1.29 is 24.5 Å². The molecule has 0 bridgehead atoms. The van der Waals surface area contributed by atoms with E-state index in [0.717, 1.165) is 18.4 Å². The highest BCUT2D eigenvalue weighted by molar-refractivity contribution is 5.81. The normalized spacial score (nSPS) is 8.87. The van der Waals surface area contributed by atoms with Crippen LogP contribution in [-0.4, -0.2) is 35.4 Å². The van der Waals surface area contributed by atoms with Gasteiger partial charge in [0.1, 0.15) is 0 Å². The first kappa shape index (κ1) is 15.6. The van der Waals surface area contributed by atoms with Gasteiger partial charge in [0.15, 0.2) is 0 Å². The molecule has 6 nitrogen and oxygen atoms in total. The summed E-state index contributed by atoms with van der Waals surface area (Å²) < 4.78 is 4.51. The van der Waals surface area contributed by atoms with Gasteiger partial charge in [0, 0.05) is 31.4 Å². The first-order chi connectivity index (χ1) is 7.08. The number of aliphatic carboxylic acids is 1. The Morgan fingerprint density at radius 2 is 2.07 bits per heavy atom. The Morgan fingerprint density at radius 1 is 1.47 bits per heavy atom. The van der Waals surface area contributed by atoms with E-state index in [-0.39, 0.29) is 13.2 Å². The van der Waals surface area contributed by atoms with Crippen molar-refractivity contribution in [3.8, 4) is 0 Å². The van der Waals surface area contributed by atoms with Gasteiger partial charge >= 0.3 is 11.9 Å². The molecular formula is C9H15NO5. The van der Waals surface area contributed by atoms with E-state index in [0.29, 0.717) is 6.42 Å². The largest absolute Gasteiger partial charge is 0.478 e. The van der Waals surface area contributed by atoms with Gasteiger partial charge < -0.3 is 20.7 Å². The molecule has 0 radical (unpaired) electrons. The summed E-state index contributed by atoms with van der Waals surface area (Å²) in [6.45, 7) is 3.51. The number of nitrogens with two attached hydrogens (primary N) is 1. The van der Waals surface area contributed by atoms with Crippen LogP contribution < -0.4 is 5.73 Å². The number of esters is 1. The Bertz CT molecular complexity index is 225. The summed E-state index contributed by atoms with van der Waals surface area (Å²) in [5.41, 5.74) is 4.67. The smallest absolute Gasteiger partial charge is 0.330 e. The van der Waals surface area contributed by atoms with Crippen molar-refractivity contribution in [2.45, 2.75) is 6.42 Å². The first-order valence-electron chi connectivity index (χ1n) is 4.09. The SMILES string of the molecule is C=CC(=O)OCCCO.NC=CC(=O)O. The maximum Gasteiger partial charge on any atom is 0.330 e. The molecule has 0 rings (SSSR count). The molecule has 0 spiro atoms. The summed E-state index contributed by atoms with van der Waals surface area (Å²) in [6, 6.07) is 0. The maximum absolute atomic E-state index is 10.3. The molecule has 0 saturated heterocycles. The Hall–Kier alpha value is -1.82. The Balaban J connectivity index is 0. The highest BCUT2D eigenvalue weighted by Crippen LogP contribution is 1.82. The van der Waals surface area contributed by atoms with Gasteiger partial charge in [-0.25, -0.2) is 9.59 Å². The number of rotatable bonds is 5. The number of hydrogen-bond donors (Lipinski definition) is 3. The molecule has 0 amide bonds. The van der Waals surface area contributed by atoms with E-state index in [1.807, 2.05) is 0 Å². The highest BCUT2D eigenvalue weighted by atomic mass is 16.5. The van der Waals surface area contributed by atoms with E-state index in [4.69, 9.17) is 10.2 Å². The number of aliphatic hydroxyl groups is 1. The Kier molecular flexibility index (Phi) is 12.7. The molecule has 0 unspecified atom stereocenters. The van der Waals surface area contributed by atoms with E-state index in [1.165, 1.54) is 0 Å². The Morgan fingerprint density at radius 3 is 2.33 bits per heavy atom. The van der Waals surface area contributed by atoms with Crippen molar-refractivity contribution in [2.75, 3.05) is 13.2 Å². The van der Waals surface area contributed by atoms with Crippen LogP contribution in [0.4, 0.5) is 0 Å². The van der Waals surface area contributed by atoms with Crippen LogP contribution in [0.2, 0.25) is 0 Å². The second kappa shape index (κ2) is 12.2. The molecule has 0 aliphatic heterocycles. The van der Waals surface area contributed by atoms with E-state index >= 15 is 0 Å². The highest BCUT2D eigenvalue weighted by Gasteiger charge is 1.91. The lowest BCUT2D eigenvalue weighted by atomic mass is 10.5. The predicted octanol–water partition coefficient (Wildman–Crippen LogP) is -0.359. The third-order valence-electron chi connectivity index (χ3n) is 0.952. The molecule has 0 atom stereocenters. The fourth-order valence-corrected chi connectivity index (χ4v) is 0.379. The van der Waals surface area contributed by atoms with E-state index in [9.17, 15) is 9.59 Å². The average Bonchev–Trinajstić information content (AvgIpc) is 2.18. The molecule has 0 aliphatic rings. The van der Waals surface area contributed by atoms with Crippen LogP contribution in [-0.2, 0) is 14.3 Å². The van der Waals surface area contributed by atoms with Gasteiger partial charge in [-0.2, -0.15) is 0 Å². The molecule has 15 heavy (non-hydrogen) atoms. The third-order valence-corrected chi connectivity index (χ3v) is 0.952. The minimum atomic E-state index is -1.02. The molecule has 0 aromatic carbocycles. The van der Waals surface area contributed by atoms with Crippen molar-refractivity contribution in [2.24, 2.45) is 5.73 Å². The van der Waals surface area contributed by atoms with Crippen LogP contribution in [0.1, 0.15) is 6.42 Å². The molecule has 0 saturated carbocycles. The molecule has 4 N–H and O–H groups in total. The van der Waals surface area contributed by atoms with Crippen molar-refractivity contribution >= 4 is 11.9 Å². The summed E-state index contributed by atoms with van der Waals surface area (Å²) in [7, 11) is 0. The zero-order valence-electron chi connectivity index (χ0n) is 8.26. The van der Waals surface area contributed by atoms with Crippen LogP contribution in [0.25, 0.3) is 0 Å².